The van der Waals surface area contributed by atoms with Crippen LogP contribution >= 0.6 is 0 Å². The Labute approximate surface area is 122 Å². The number of benzene rings is 1. The number of nitrogens with one attached hydrogen (secondary N) is 1. The predicted octanol–water partition coefficient (Wildman–Crippen LogP) is 2.63. The molecule has 3 nitrogen and oxygen atoms in total. The first-order valence-electron chi connectivity index (χ1n) is 7.03. The van der Waals surface area contributed by atoms with Crippen LogP contribution in [0.15, 0.2) is 24.3 Å². The highest BCUT2D eigenvalue weighted by atomic mass is 19.4. The predicted molar refractivity (Wildman–Crippen MR) is 73.9 cm³/mol. The molecule has 1 N–H and O–H groups in total. The average molecular weight is 300 g/mol. The molecule has 1 aromatic carbocycles. The number of halogens is 3. The molecule has 0 radical (unpaired) electrons. The average Bonchev–Trinajstić information content (AvgIpc) is 2.47. The lowest BCUT2D eigenvalue weighted by Gasteiger charge is -2.28. The van der Waals surface area contributed by atoms with E-state index < -0.39 is 11.7 Å². The Bertz CT molecular complexity index is 496. The van der Waals surface area contributed by atoms with Gasteiger partial charge in [-0.25, -0.2) is 0 Å². The van der Waals surface area contributed by atoms with E-state index in [4.69, 9.17) is 0 Å². The van der Waals surface area contributed by atoms with Gasteiger partial charge in [-0.15, -0.1) is 0 Å². The molecule has 0 aromatic heterocycles. The van der Waals surface area contributed by atoms with E-state index in [1.807, 2.05) is 0 Å². The Balaban J connectivity index is 2.02. The molecule has 1 atom stereocenters. The smallest absolute Gasteiger partial charge is 0.340 e. The summed E-state index contributed by atoms with van der Waals surface area (Å²) in [6, 6.07) is 5.22. The minimum Gasteiger partial charge on any atom is -0.340 e. The number of alkyl halides is 3. The molecular weight excluding hydrogens is 281 g/mol. The van der Waals surface area contributed by atoms with Crippen LogP contribution < -0.4 is 5.32 Å². The summed E-state index contributed by atoms with van der Waals surface area (Å²) in [5.74, 6) is -0.226. The van der Waals surface area contributed by atoms with E-state index in [1.54, 1.807) is 17.9 Å². The summed E-state index contributed by atoms with van der Waals surface area (Å²) in [5.41, 5.74) is -0.116. The van der Waals surface area contributed by atoms with E-state index in [-0.39, 0.29) is 18.2 Å². The van der Waals surface area contributed by atoms with Crippen LogP contribution in [0.1, 0.15) is 30.4 Å². The number of nitrogens with zero attached hydrogens (tertiary/aromatic N) is 1. The second kappa shape index (κ2) is 6.47. The Morgan fingerprint density at radius 2 is 2.00 bits per heavy atom. The highest BCUT2D eigenvalue weighted by Gasteiger charge is 2.31. The number of piperazine rings is 1. The van der Waals surface area contributed by atoms with E-state index >= 15 is 0 Å². The van der Waals surface area contributed by atoms with Gasteiger partial charge in [0.15, 0.2) is 0 Å². The van der Waals surface area contributed by atoms with Crippen molar-refractivity contribution >= 4 is 5.91 Å². The van der Waals surface area contributed by atoms with Crippen molar-refractivity contribution in [2.45, 2.75) is 25.4 Å². The molecule has 2 rings (SSSR count). The van der Waals surface area contributed by atoms with Crippen molar-refractivity contribution in [2.24, 2.45) is 0 Å². The molecule has 1 aliphatic rings. The van der Waals surface area contributed by atoms with Crippen LogP contribution in [0.25, 0.3) is 0 Å². The standard InChI is InChI=1S/C15H19F3N2O/c1-11(9-14(21)20-7-5-19-6-8-20)12-3-2-4-13(10-12)15(16,17)18/h2-4,10-11,19H,5-9H2,1H3. The third kappa shape index (κ3) is 4.20. The molecule has 0 spiro atoms. The van der Waals surface area contributed by atoms with Crippen LogP contribution in [-0.4, -0.2) is 37.0 Å². The van der Waals surface area contributed by atoms with Gasteiger partial charge in [0.25, 0.3) is 0 Å². The van der Waals surface area contributed by atoms with Gasteiger partial charge in [0, 0.05) is 32.6 Å². The first kappa shape index (κ1) is 15.8. The third-order valence-electron chi connectivity index (χ3n) is 3.73. The normalized spacial score (nSPS) is 17.6. The molecule has 1 unspecified atom stereocenters. The van der Waals surface area contributed by atoms with Gasteiger partial charge in [-0.1, -0.05) is 25.1 Å². The zero-order valence-electron chi connectivity index (χ0n) is 11.9. The molecular formula is C15H19F3N2O. The summed E-state index contributed by atoms with van der Waals surface area (Å²) < 4.78 is 38.1. The summed E-state index contributed by atoms with van der Waals surface area (Å²) in [7, 11) is 0. The third-order valence-corrected chi connectivity index (χ3v) is 3.73. The molecule has 0 bridgehead atoms. The minimum atomic E-state index is -4.35. The molecule has 21 heavy (non-hydrogen) atoms. The highest BCUT2D eigenvalue weighted by molar-refractivity contribution is 5.77. The van der Waals surface area contributed by atoms with Crippen LogP contribution in [0.3, 0.4) is 0 Å². The van der Waals surface area contributed by atoms with Gasteiger partial charge in [-0.05, 0) is 17.5 Å². The second-order valence-electron chi connectivity index (χ2n) is 5.36. The molecule has 0 aliphatic carbocycles. The Kier molecular flexibility index (Phi) is 4.88. The molecule has 116 valence electrons. The molecule has 1 aliphatic heterocycles. The van der Waals surface area contributed by atoms with Gasteiger partial charge >= 0.3 is 6.18 Å². The molecule has 6 heteroatoms. The number of carbonyl (C=O) groups is 1. The van der Waals surface area contributed by atoms with Gasteiger partial charge in [-0.2, -0.15) is 13.2 Å². The first-order chi connectivity index (χ1) is 9.88. The number of hydrogen-bond donors (Lipinski definition) is 1. The first-order valence-corrected chi connectivity index (χ1v) is 7.03. The molecule has 1 amide bonds. The zero-order chi connectivity index (χ0) is 15.5. The largest absolute Gasteiger partial charge is 0.416 e. The Morgan fingerprint density at radius 1 is 1.33 bits per heavy atom. The minimum absolute atomic E-state index is 0.00131. The highest BCUT2D eigenvalue weighted by Crippen LogP contribution is 2.31. The summed E-state index contributed by atoms with van der Waals surface area (Å²) >= 11 is 0. The fourth-order valence-corrected chi connectivity index (χ4v) is 2.44. The van der Waals surface area contributed by atoms with Gasteiger partial charge in [-0.3, -0.25) is 4.79 Å². The fraction of sp³-hybridized carbons (Fsp3) is 0.533. The van der Waals surface area contributed by atoms with E-state index in [0.717, 1.165) is 25.2 Å². The Hall–Kier alpha value is -1.56. The van der Waals surface area contributed by atoms with Crippen molar-refractivity contribution in [2.75, 3.05) is 26.2 Å². The van der Waals surface area contributed by atoms with Crippen molar-refractivity contribution in [3.63, 3.8) is 0 Å². The topological polar surface area (TPSA) is 32.3 Å². The summed E-state index contributed by atoms with van der Waals surface area (Å²) in [4.78, 5) is 13.9. The van der Waals surface area contributed by atoms with Crippen molar-refractivity contribution < 1.29 is 18.0 Å². The maximum absolute atomic E-state index is 12.7. The number of rotatable bonds is 3. The van der Waals surface area contributed by atoms with Crippen molar-refractivity contribution in [1.29, 1.82) is 0 Å². The molecule has 1 fully saturated rings. The van der Waals surface area contributed by atoms with Gasteiger partial charge in [0.2, 0.25) is 5.91 Å². The van der Waals surface area contributed by atoms with Crippen LogP contribution in [0.2, 0.25) is 0 Å². The van der Waals surface area contributed by atoms with Crippen LogP contribution in [0.5, 0.6) is 0 Å². The number of amides is 1. The van der Waals surface area contributed by atoms with Crippen LogP contribution in [0, 0.1) is 0 Å². The lowest BCUT2D eigenvalue weighted by Crippen LogP contribution is -2.46. The van der Waals surface area contributed by atoms with Gasteiger partial charge in [0.05, 0.1) is 5.56 Å². The van der Waals surface area contributed by atoms with E-state index in [2.05, 4.69) is 5.32 Å². The van der Waals surface area contributed by atoms with Crippen LogP contribution in [0.4, 0.5) is 13.2 Å². The SMILES string of the molecule is CC(CC(=O)N1CCNCC1)c1cccc(C(F)(F)F)c1. The molecule has 1 heterocycles. The second-order valence-corrected chi connectivity index (χ2v) is 5.36. The van der Waals surface area contributed by atoms with Crippen molar-refractivity contribution in [1.82, 2.24) is 10.2 Å². The lowest BCUT2D eigenvalue weighted by molar-refractivity contribution is -0.137. The summed E-state index contributed by atoms with van der Waals surface area (Å²) in [6.45, 7) is 4.64. The fourth-order valence-electron chi connectivity index (χ4n) is 2.44. The number of carbonyl (C=O) groups excluding carboxylic acids is 1. The van der Waals surface area contributed by atoms with E-state index in [1.165, 1.54) is 6.07 Å². The monoisotopic (exact) mass is 300 g/mol. The van der Waals surface area contributed by atoms with E-state index in [9.17, 15) is 18.0 Å². The quantitative estimate of drug-likeness (QED) is 0.930. The van der Waals surface area contributed by atoms with Gasteiger partial charge in [0.1, 0.15) is 0 Å². The van der Waals surface area contributed by atoms with Crippen molar-refractivity contribution in [3.8, 4) is 0 Å². The maximum atomic E-state index is 12.7. The molecule has 0 saturated carbocycles. The van der Waals surface area contributed by atoms with Crippen molar-refractivity contribution in [3.05, 3.63) is 35.4 Å². The summed E-state index contributed by atoms with van der Waals surface area (Å²) in [5, 5.41) is 3.16. The zero-order valence-corrected chi connectivity index (χ0v) is 11.9. The van der Waals surface area contributed by atoms with Gasteiger partial charge < -0.3 is 10.2 Å². The van der Waals surface area contributed by atoms with E-state index in [0.29, 0.717) is 18.7 Å². The molecule has 1 saturated heterocycles. The number of hydrogen-bond acceptors (Lipinski definition) is 2. The Morgan fingerprint density at radius 3 is 2.62 bits per heavy atom. The summed E-state index contributed by atoms with van der Waals surface area (Å²) in [6.07, 6.45) is -4.11. The maximum Gasteiger partial charge on any atom is 0.416 e. The molecule has 1 aromatic rings. The van der Waals surface area contributed by atoms with Crippen LogP contribution in [-0.2, 0) is 11.0 Å². The lowest BCUT2D eigenvalue weighted by atomic mass is 9.95.